The molecule has 106 valence electrons. The Balaban J connectivity index is 2.01. The highest BCUT2D eigenvalue weighted by molar-refractivity contribution is 7.12. The standard InChI is InChI=1S/C14H24N4S/c1-4-17(5-2)8-9-18-12(10-16-14(18)15)13-7-6-11(3)19-13/h6-7,12H,4-5,8-10H2,1-3H3,(H2,15,16). The van der Waals surface area contributed by atoms with Crippen LogP contribution in [0.1, 0.15) is 29.6 Å². The fraction of sp³-hybridized carbons (Fsp3) is 0.643. The van der Waals surface area contributed by atoms with Crippen molar-refractivity contribution in [2.45, 2.75) is 26.8 Å². The third-order valence-corrected chi connectivity index (χ3v) is 4.84. The number of nitrogens with zero attached hydrogens (tertiary/aromatic N) is 3. The van der Waals surface area contributed by atoms with Crippen molar-refractivity contribution in [3.05, 3.63) is 21.9 Å². The number of hydrogen-bond donors (Lipinski definition) is 1. The van der Waals surface area contributed by atoms with Gasteiger partial charge in [-0.15, -0.1) is 11.3 Å². The van der Waals surface area contributed by atoms with E-state index in [9.17, 15) is 0 Å². The van der Waals surface area contributed by atoms with E-state index in [0.29, 0.717) is 12.0 Å². The highest BCUT2D eigenvalue weighted by Gasteiger charge is 2.28. The van der Waals surface area contributed by atoms with E-state index in [1.807, 2.05) is 11.3 Å². The molecular formula is C14H24N4S. The lowest BCUT2D eigenvalue weighted by atomic mass is 10.2. The molecule has 0 fully saturated rings. The number of hydrogen-bond acceptors (Lipinski definition) is 5. The fourth-order valence-corrected chi connectivity index (χ4v) is 3.45. The first-order chi connectivity index (χ1) is 9.15. The highest BCUT2D eigenvalue weighted by atomic mass is 32.1. The third-order valence-electron chi connectivity index (χ3n) is 3.74. The van der Waals surface area contributed by atoms with Crippen molar-refractivity contribution in [3.63, 3.8) is 0 Å². The van der Waals surface area contributed by atoms with Crippen molar-refractivity contribution >= 4 is 17.3 Å². The predicted molar refractivity (Wildman–Crippen MR) is 82.8 cm³/mol. The molecule has 1 aromatic heterocycles. The minimum absolute atomic E-state index is 0.342. The quantitative estimate of drug-likeness (QED) is 0.867. The second-order valence-corrected chi connectivity index (χ2v) is 6.20. The first-order valence-electron chi connectivity index (χ1n) is 7.01. The van der Waals surface area contributed by atoms with E-state index in [4.69, 9.17) is 5.73 Å². The Morgan fingerprint density at radius 1 is 1.42 bits per heavy atom. The molecule has 1 atom stereocenters. The summed E-state index contributed by atoms with van der Waals surface area (Å²) in [7, 11) is 0. The van der Waals surface area contributed by atoms with E-state index in [-0.39, 0.29) is 0 Å². The molecule has 5 heteroatoms. The van der Waals surface area contributed by atoms with Gasteiger partial charge in [-0.25, -0.2) is 0 Å². The van der Waals surface area contributed by atoms with Crippen LogP contribution in [-0.4, -0.2) is 48.5 Å². The molecule has 0 aromatic carbocycles. The van der Waals surface area contributed by atoms with Crippen molar-refractivity contribution < 1.29 is 0 Å². The summed E-state index contributed by atoms with van der Waals surface area (Å²) in [6.07, 6.45) is 0. The number of nitrogens with two attached hydrogens (primary N) is 1. The van der Waals surface area contributed by atoms with Gasteiger partial charge in [0.2, 0.25) is 0 Å². The molecule has 0 amide bonds. The van der Waals surface area contributed by atoms with Gasteiger partial charge < -0.3 is 15.5 Å². The second-order valence-electron chi connectivity index (χ2n) is 4.88. The molecule has 1 aromatic rings. The minimum atomic E-state index is 0.342. The van der Waals surface area contributed by atoms with Crippen LogP contribution in [0.15, 0.2) is 17.1 Å². The number of aliphatic imine (C=N–C) groups is 1. The Morgan fingerprint density at radius 2 is 2.16 bits per heavy atom. The van der Waals surface area contributed by atoms with Crippen molar-refractivity contribution in [2.75, 3.05) is 32.7 Å². The molecule has 4 nitrogen and oxygen atoms in total. The molecule has 1 unspecified atom stereocenters. The molecule has 2 heterocycles. The topological polar surface area (TPSA) is 44.9 Å². The number of aryl methyl sites for hydroxylation is 1. The molecule has 1 aliphatic rings. The first-order valence-corrected chi connectivity index (χ1v) is 7.82. The van der Waals surface area contributed by atoms with Gasteiger partial charge in [-0.1, -0.05) is 13.8 Å². The minimum Gasteiger partial charge on any atom is -0.370 e. The maximum Gasteiger partial charge on any atom is 0.191 e. The van der Waals surface area contributed by atoms with E-state index in [1.165, 1.54) is 9.75 Å². The molecule has 1 aliphatic heterocycles. The van der Waals surface area contributed by atoms with Crippen molar-refractivity contribution in [2.24, 2.45) is 10.7 Å². The lowest BCUT2D eigenvalue weighted by Gasteiger charge is -2.28. The zero-order valence-electron chi connectivity index (χ0n) is 12.1. The summed E-state index contributed by atoms with van der Waals surface area (Å²) < 4.78 is 0. The lowest BCUT2D eigenvalue weighted by Crippen LogP contribution is -2.41. The summed E-state index contributed by atoms with van der Waals surface area (Å²) in [6, 6.07) is 4.73. The van der Waals surface area contributed by atoms with Gasteiger partial charge in [0, 0.05) is 22.8 Å². The van der Waals surface area contributed by atoms with Crippen LogP contribution in [0, 0.1) is 6.92 Å². The summed E-state index contributed by atoms with van der Waals surface area (Å²) in [5.74, 6) is 0.697. The van der Waals surface area contributed by atoms with E-state index in [0.717, 1.165) is 32.7 Å². The van der Waals surface area contributed by atoms with Crippen LogP contribution in [0.25, 0.3) is 0 Å². The summed E-state index contributed by atoms with van der Waals surface area (Å²) in [6.45, 7) is 11.5. The summed E-state index contributed by atoms with van der Waals surface area (Å²) in [5, 5.41) is 0. The fourth-order valence-electron chi connectivity index (χ4n) is 2.46. The SMILES string of the molecule is CCN(CC)CCN1C(N)=NCC1c1ccc(C)s1. The maximum atomic E-state index is 6.04. The molecule has 0 spiro atoms. The zero-order valence-corrected chi connectivity index (χ0v) is 12.9. The average molecular weight is 280 g/mol. The Hall–Kier alpha value is -1.07. The largest absolute Gasteiger partial charge is 0.370 e. The van der Waals surface area contributed by atoms with E-state index in [2.05, 4.69) is 47.7 Å². The van der Waals surface area contributed by atoms with Gasteiger partial charge in [-0.3, -0.25) is 4.99 Å². The molecule has 0 radical (unpaired) electrons. The number of likely N-dealkylation sites (N-methyl/N-ethyl adjacent to an activating group) is 1. The molecule has 0 saturated heterocycles. The number of thiophene rings is 1. The van der Waals surface area contributed by atoms with E-state index >= 15 is 0 Å². The molecule has 2 rings (SSSR count). The summed E-state index contributed by atoms with van der Waals surface area (Å²) >= 11 is 1.85. The van der Waals surface area contributed by atoms with Gasteiger partial charge in [0.15, 0.2) is 5.96 Å². The van der Waals surface area contributed by atoms with Crippen molar-refractivity contribution in [1.82, 2.24) is 9.80 Å². The Kier molecular flexibility index (Phi) is 4.82. The van der Waals surface area contributed by atoms with Crippen LogP contribution in [0.3, 0.4) is 0 Å². The van der Waals surface area contributed by atoms with Crippen molar-refractivity contribution in [3.8, 4) is 0 Å². The lowest BCUT2D eigenvalue weighted by molar-refractivity contribution is 0.250. The van der Waals surface area contributed by atoms with Gasteiger partial charge in [0.05, 0.1) is 12.6 Å². The summed E-state index contributed by atoms with van der Waals surface area (Å²) in [4.78, 5) is 11.8. The average Bonchev–Trinajstić information content (AvgIpc) is 2.98. The van der Waals surface area contributed by atoms with Gasteiger partial charge in [-0.2, -0.15) is 0 Å². The molecule has 0 bridgehead atoms. The Labute approximate surface area is 119 Å². The van der Waals surface area contributed by atoms with Crippen LogP contribution < -0.4 is 5.73 Å². The predicted octanol–water partition coefficient (Wildman–Crippen LogP) is 2.07. The van der Waals surface area contributed by atoms with Crippen LogP contribution in [-0.2, 0) is 0 Å². The van der Waals surface area contributed by atoms with Gasteiger partial charge in [0.25, 0.3) is 0 Å². The monoisotopic (exact) mass is 280 g/mol. The van der Waals surface area contributed by atoms with Gasteiger partial charge >= 0.3 is 0 Å². The van der Waals surface area contributed by atoms with Crippen LogP contribution >= 0.6 is 11.3 Å². The van der Waals surface area contributed by atoms with E-state index < -0.39 is 0 Å². The molecule has 19 heavy (non-hydrogen) atoms. The zero-order chi connectivity index (χ0) is 13.8. The van der Waals surface area contributed by atoms with Crippen LogP contribution in [0.2, 0.25) is 0 Å². The maximum absolute atomic E-state index is 6.04. The first kappa shape index (κ1) is 14.3. The Bertz CT molecular complexity index is 436. The number of rotatable bonds is 6. The van der Waals surface area contributed by atoms with Gasteiger partial charge in [0.1, 0.15) is 0 Å². The van der Waals surface area contributed by atoms with Crippen molar-refractivity contribution in [1.29, 1.82) is 0 Å². The molecule has 0 saturated carbocycles. The summed E-state index contributed by atoms with van der Waals surface area (Å²) in [5.41, 5.74) is 6.04. The second kappa shape index (κ2) is 6.39. The van der Waals surface area contributed by atoms with Gasteiger partial charge in [-0.05, 0) is 32.1 Å². The number of guanidine groups is 1. The van der Waals surface area contributed by atoms with Crippen LogP contribution in [0.4, 0.5) is 0 Å². The highest BCUT2D eigenvalue weighted by Crippen LogP contribution is 2.30. The third kappa shape index (κ3) is 3.28. The molecular weight excluding hydrogens is 256 g/mol. The Morgan fingerprint density at radius 3 is 2.74 bits per heavy atom. The van der Waals surface area contributed by atoms with E-state index in [1.54, 1.807) is 0 Å². The molecule has 0 aliphatic carbocycles. The smallest absolute Gasteiger partial charge is 0.191 e. The van der Waals surface area contributed by atoms with Crippen LogP contribution in [0.5, 0.6) is 0 Å². The normalized spacial score (nSPS) is 19.3. The molecule has 2 N–H and O–H groups in total.